The average Bonchev–Trinajstić information content (AvgIpc) is 3.64. The first-order valence-corrected chi connectivity index (χ1v) is 11.9. The van der Waals surface area contributed by atoms with E-state index in [1.807, 2.05) is 25.1 Å². The highest BCUT2D eigenvalue weighted by Gasteiger charge is 2.24. The number of H-pyrrole nitrogens is 1. The first-order chi connectivity index (χ1) is 15.9. The monoisotopic (exact) mass is 451 g/mol. The van der Waals surface area contributed by atoms with Crippen LogP contribution in [0.5, 0.6) is 0 Å². The van der Waals surface area contributed by atoms with Crippen molar-refractivity contribution in [2.75, 3.05) is 36.8 Å². The van der Waals surface area contributed by atoms with E-state index in [4.69, 9.17) is 16.5 Å². The molecule has 0 unspecified atom stereocenters. The van der Waals surface area contributed by atoms with Crippen LogP contribution >= 0.6 is 0 Å². The fourth-order valence-corrected chi connectivity index (χ4v) is 3.62. The molecule has 3 rings (SSSR count). The van der Waals surface area contributed by atoms with Crippen molar-refractivity contribution in [3.05, 3.63) is 47.2 Å². The average molecular weight is 452 g/mol. The largest absolute Gasteiger partial charge is 0.402 e. The van der Waals surface area contributed by atoms with E-state index in [0.29, 0.717) is 23.5 Å². The zero-order valence-electron chi connectivity index (χ0n) is 20.4. The Labute approximate surface area is 197 Å². The van der Waals surface area contributed by atoms with Gasteiger partial charge in [0.1, 0.15) is 0 Å². The lowest BCUT2D eigenvalue weighted by atomic mass is 10.2. The highest BCUT2D eigenvalue weighted by atomic mass is 15.2. The second-order valence-electron chi connectivity index (χ2n) is 8.61. The first kappa shape index (κ1) is 24.5. The molecule has 0 radical (unpaired) electrons. The lowest BCUT2D eigenvalue weighted by Gasteiger charge is -2.17. The van der Waals surface area contributed by atoms with Gasteiger partial charge in [-0.05, 0) is 63.7 Å². The molecule has 7 N–H and O–H groups in total. The van der Waals surface area contributed by atoms with Gasteiger partial charge >= 0.3 is 5.95 Å². The summed E-state index contributed by atoms with van der Waals surface area (Å²) in [5.41, 5.74) is 16.2. The fourth-order valence-electron chi connectivity index (χ4n) is 3.62. The van der Waals surface area contributed by atoms with E-state index in [0.717, 1.165) is 73.8 Å². The molecule has 0 bridgehead atoms. The molecular formula is C25H39N8+. The van der Waals surface area contributed by atoms with Crippen LogP contribution in [-0.2, 0) is 0 Å². The minimum absolute atomic E-state index is 0.388. The van der Waals surface area contributed by atoms with Crippen LogP contribution in [0.2, 0.25) is 0 Å². The van der Waals surface area contributed by atoms with Crippen molar-refractivity contribution >= 4 is 29.1 Å². The number of aliphatic imine (C=N–C) groups is 1. The summed E-state index contributed by atoms with van der Waals surface area (Å²) in [4.78, 5) is 15.1. The molecule has 1 saturated carbocycles. The lowest BCUT2D eigenvalue weighted by Crippen LogP contribution is -2.26. The van der Waals surface area contributed by atoms with Gasteiger partial charge in [0, 0.05) is 24.0 Å². The number of amidine groups is 1. The second kappa shape index (κ2) is 11.7. The summed E-state index contributed by atoms with van der Waals surface area (Å²) < 4.78 is 0. The van der Waals surface area contributed by atoms with E-state index in [9.17, 15) is 0 Å². The van der Waals surface area contributed by atoms with E-state index in [1.54, 1.807) is 6.08 Å². The summed E-state index contributed by atoms with van der Waals surface area (Å²) in [5, 5.41) is 6.88. The number of hydrogen-bond acceptors (Lipinski definition) is 6. The number of aryl methyl sites for hydroxylation is 1. The van der Waals surface area contributed by atoms with E-state index >= 15 is 0 Å². The standard InChI is InChI=1S/C25H38N8/c1-5-33(6-2)15-9-14-28-25-31-23(29-21-11-8-7-10-17(21)3)18(4)24(32-25)30-22(27)16-20(26)19-12-13-19/h7-8,10-11,16,19H,5-6,9,12-15,26H2,1-4H3,(H4,27,28,29,30,31,32)/p+1/b20-16-. The van der Waals surface area contributed by atoms with Gasteiger partial charge in [0.2, 0.25) is 11.6 Å². The van der Waals surface area contributed by atoms with Gasteiger partial charge in [-0.1, -0.05) is 37.0 Å². The summed E-state index contributed by atoms with van der Waals surface area (Å²) in [6.45, 7) is 12.4. The van der Waals surface area contributed by atoms with Crippen LogP contribution in [-0.4, -0.2) is 41.9 Å². The van der Waals surface area contributed by atoms with Crippen LogP contribution in [0, 0.1) is 19.8 Å². The fraction of sp³-hybridized carbons (Fsp3) is 0.480. The molecule has 178 valence electrons. The number of para-hydroxylation sites is 1. The van der Waals surface area contributed by atoms with Crippen LogP contribution < -0.4 is 27.1 Å². The van der Waals surface area contributed by atoms with Gasteiger partial charge in [0.05, 0.1) is 12.1 Å². The summed E-state index contributed by atoms with van der Waals surface area (Å²) >= 11 is 0. The van der Waals surface area contributed by atoms with Gasteiger partial charge in [0.15, 0.2) is 5.84 Å². The van der Waals surface area contributed by atoms with Crippen LogP contribution in [0.1, 0.15) is 44.2 Å². The first-order valence-electron chi connectivity index (χ1n) is 11.9. The molecule has 1 aliphatic carbocycles. The molecule has 0 amide bonds. The summed E-state index contributed by atoms with van der Waals surface area (Å²) in [6, 6.07) is 8.15. The number of hydrogen-bond donors (Lipinski definition) is 4. The van der Waals surface area contributed by atoms with Crippen molar-refractivity contribution in [2.24, 2.45) is 22.4 Å². The SMILES string of the molecule is CCN(CC)CCCNc1nc(Nc2ccccc2C)c(C)c(/N=C(N)\C=C(/N)C2CC2)[nH+]1. The summed E-state index contributed by atoms with van der Waals surface area (Å²) in [7, 11) is 0. The molecule has 8 heteroatoms. The number of nitrogens with one attached hydrogen (secondary N) is 3. The minimum Gasteiger partial charge on any atom is -0.402 e. The number of aromatic amines is 1. The number of allylic oxidation sites excluding steroid dienone is 1. The molecule has 8 nitrogen and oxygen atoms in total. The molecule has 1 aliphatic rings. The van der Waals surface area contributed by atoms with E-state index in [2.05, 4.69) is 52.3 Å². The van der Waals surface area contributed by atoms with Gasteiger partial charge in [0.25, 0.3) is 0 Å². The van der Waals surface area contributed by atoms with E-state index < -0.39 is 0 Å². The Balaban J connectivity index is 1.84. The third-order valence-electron chi connectivity index (χ3n) is 6.01. The van der Waals surface area contributed by atoms with Crippen molar-refractivity contribution in [2.45, 2.75) is 47.0 Å². The Morgan fingerprint density at radius 1 is 1.21 bits per heavy atom. The molecule has 1 aromatic heterocycles. The number of benzene rings is 1. The van der Waals surface area contributed by atoms with Crippen LogP contribution in [0.4, 0.5) is 23.3 Å². The van der Waals surface area contributed by atoms with Crippen molar-refractivity contribution in [1.29, 1.82) is 0 Å². The van der Waals surface area contributed by atoms with Crippen molar-refractivity contribution in [1.82, 2.24) is 9.88 Å². The van der Waals surface area contributed by atoms with Gasteiger partial charge in [-0.2, -0.15) is 0 Å². The van der Waals surface area contributed by atoms with E-state index in [-0.39, 0.29) is 0 Å². The molecule has 1 heterocycles. The zero-order chi connectivity index (χ0) is 23.8. The predicted octanol–water partition coefficient (Wildman–Crippen LogP) is 3.64. The number of anilines is 3. The Morgan fingerprint density at radius 2 is 1.94 bits per heavy atom. The molecule has 33 heavy (non-hydrogen) atoms. The van der Waals surface area contributed by atoms with Crippen molar-refractivity contribution in [3.63, 3.8) is 0 Å². The zero-order valence-corrected chi connectivity index (χ0v) is 20.4. The predicted molar refractivity (Wildman–Crippen MR) is 137 cm³/mol. The number of nitrogens with two attached hydrogens (primary N) is 2. The van der Waals surface area contributed by atoms with E-state index in [1.165, 1.54) is 0 Å². The molecule has 0 spiro atoms. The molecule has 0 atom stereocenters. The van der Waals surface area contributed by atoms with Crippen molar-refractivity contribution in [3.8, 4) is 0 Å². The molecule has 0 saturated heterocycles. The third-order valence-corrected chi connectivity index (χ3v) is 6.01. The van der Waals surface area contributed by atoms with Crippen LogP contribution in [0.3, 0.4) is 0 Å². The Hall–Kier alpha value is -3.13. The quantitative estimate of drug-likeness (QED) is 0.222. The number of rotatable bonds is 12. The van der Waals surface area contributed by atoms with Gasteiger partial charge in [-0.25, -0.2) is 4.98 Å². The Morgan fingerprint density at radius 3 is 2.61 bits per heavy atom. The van der Waals surface area contributed by atoms with Crippen LogP contribution in [0.15, 0.2) is 41.0 Å². The highest BCUT2D eigenvalue weighted by Crippen LogP contribution is 2.33. The van der Waals surface area contributed by atoms with Gasteiger partial charge in [-0.3, -0.25) is 5.32 Å². The topological polar surface area (TPSA) is 119 Å². The van der Waals surface area contributed by atoms with Crippen LogP contribution in [0.25, 0.3) is 0 Å². The maximum atomic E-state index is 6.21. The lowest BCUT2D eigenvalue weighted by molar-refractivity contribution is -0.350. The smallest absolute Gasteiger partial charge is 0.347 e. The highest BCUT2D eigenvalue weighted by molar-refractivity contribution is 5.93. The van der Waals surface area contributed by atoms with Gasteiger partial charge < -0.3 is 21.7 Å². The number of aromatic nitrogens is 2. The maximum absolute atomic E-state index is 6.21. The molecule has 0 aliphatic heterocycles. The minimum atomic E-state index is 0.388. The molecular weight excluding hydrogens is 412 g/mol. The molecule has 2 aromatic rings. The number of nitrogens with zero attached hydrogens (tertiary/aromatic N) is 3. The normalized spacial score (nSPS) is 14.6. The molecule has 1 fully saturated rings. The maximum Gasteiger partial charge on any atom is 0.347 e. The Kier molecular flexibility index (Phi) is 8.65. The Bertz CT molecular complexity index is 990. The second-order valence-corrected chi connectivity index (χ2v) is 8.61. The third kappa shape index (κ3) is 7.18. The van der Waals surface area contributed by atoms with Gasteiger partial charge in [-0.15, -0.1) is 4.99 Å². The summed E-state index contributed by atoms with van der Waals surface area (Å²) in [6.07, 6.45) is 5.05. The summed E-state index contributed by atoms with van der Waals surface area (Å²) in [5.74, 6) is 2.88. The molecule has 1 aromatic carbocycles. The van der Waals surface area contributed by atoms with Crippen molar-refractivity contribution < 1.29 is 4.98 Å².